The van der Waals surface area contributed by atoms with Crippen LogP contribution in [0.4, 0.5) is 11.4 Å². The lowest BCUT2D eigenvalue weighted by Crippen LogP contribution is -2.41. The van der Waals surface area contributed by atoms with E-state index in [0.29, 0.717) is 10.7 Å². The highest BCUT2D eigenvalue weighted by molar-refractivity contribution is 6.33. The van der Waals surface area contributed by atoms with Crippen molar-refractivity contribution in [3.8, 4) is 0 Å². The van der Waals surface area contributed by atoms with Crippen LogP contribution in [0.2, 0.25) is 5.02 Å². The fourth-order valence-corrected chi connectivity index (χ4v) is 3.34. The van der Waals surface area contributed by atoms with Gasteiger partial charge in [0.1, 0.15) is 5.69 Å². The molecule has 1 aliphatic carbocycles. The molecule has 0 radical (unpaired) electrons. The first kappa shape index (κ1) is 16.0. The number of nitro groups is 1. The first-order valence-electron chi connectivity index (χ1n) is 7.49. The Morgan fingerprint density at radius 1 is 1.38 bits per heavy atom. The van der Waals surface area contributed by atoms with Crippen LogP contribution >= 0.6 is 11.6 Å². The van der Waals surface area contributed by atoms with Gasteiger partial charge in [-0.25, -0.2) is 0 Å². The number of rotatable bonds is 5. The minimum absolute atomic E-state index is 0.0887. The molecule has 1 saturated carbocycles. The lowest BCUT2D eigenvalue weighted by Gasteiger charge is -2.37. The van der Waals surface area contributed by atoms with E-state index >= 15 is 0 Å². The van der Waals surface area contributed by atoms with Gasteiger partial charge in [0, 0.05) is 24.7 Å². The van der Waals surface area contributed by atoms with Gasteiger partial charge in [0.2, 0.25) is 0 Å². The lowest BCUT2D eigenvalue weighted by molar-refractivity contribution is -0.384. The van der Waals surface area contributed by atoms with Crippen LogP contribution < -0.4 is 10.6 Å². The first-order chi connectivity index (χ1) is 10.0. The third kappa shape index (κ3) is 3.66. The van der Waals surface area contributed by atoms with Crippen LogP contribution in [-0.2, 0) is 0 Å². The average molecular weight is 312 g/mol. The average Bonchev–Trinajstić information content (AvgIpc) is 2.46. The van der Waals surface area contributed by atoms with Crippen molar-refractivity contribution >= 4 is 23.0 Å². The van der Waals surface area contributed by atoms with Gasteiger partial charge in [-0.05, 0) is 38.2 Å². The van der Waals surface area contributed by atoms with Gasteiger partial charge < -0.3 is 10.6 Å². The van der Waals surface area contributed by atoms with Crippen LogP contribution in [0.1, 0.15) is 39.0 Å². The number of halogens is 1. The number of anilines is 1. The molecule has 0 amide bonds. The summed E-state index contributed by atoms with van der Waals surface area (Å²) in [6, 6.07) is 5.42. The van der Waals surface area contributed by atoms with E-state index in [9.17, 15) is 10.1 Å². The van der Waals surface area contributed by atoms with Crippen LogP contribution in [-0.4, -0.2) is 23.6 Å². The monoisotopic (exact) mass is 311 g/mol. The molecule has 1 aliphatic rings. The summed E-state index contributed by atoms with van der Waals surface area (Å²) >= 11 is 6.28. The second kappa shape index (κ2) is 7.09. The summed E-state index contributed by atoms with van der Waals surface area (Å²) in [5, 5.41) is 11.8. The summed E-state index contributed by atoms with van der Waals surface area (Å²) in [6.07, 6.45) is 4.77. The molecule has 2 rings (SSSR count). The molecule has 0 aliphatic heterocycles. The normalized spacial score (nSPS) is 22.0. The molecule has 6 heteroatoms. The first-order valence-corrected chi connectivity index (χ1v) is 7.87. The molecule has 0 unspecified atom stereocenters. The predicted octanol–water partition coefficient (Wildman–Crippen LogP) is 3.73. The van der Waals surface area contributed by atoms with E-state index in [4.69, 9.17) is 17.3 Å². The Labute approximate surface area is 130 Å². The molecule has 0 aromatic heterocycles. The van der Waals surface area contributed by atoms with Crippen molar-refractivity contribution in [1.29, 1.82) is 0 Å². The molecule has 21 heavy (non-hydrogen) atoms. The van der Waals surface area contributed by atoms with Gasteiger partial charge in [0.25, 0.3) is 5.69 Å². The Bertz CT molecular complexity index is 502. The van der Waals surface area contributed by atoms with E-state index in [0.717, 1.165) is 38.6 Å². The molecule has 1 aromatic rings. The van der Waals surface area contributed by atoms with E-state index in [2.05, 4.69) is 11.8 Å². The van der Waals surface area contributed by atoms with Crippen molar-refractivity contribution < 1.29 is 4.92 Å². The number of hydrogen-bond donors (Lipinski definition) is 1. The van der Waals surface area contributed by atoms with Crippen molar-refractivity contribution in [3.05, 3.63) is 33.3 Å². The van der Waals surface area contributed by atoms with Crippen LogP contribution in [0.5, 0.6) is 0 Å². The van der Waals surface area contributed by atoms with Crippen molar-refractivity contribution in [2.75, 3.05) is 11.4 Å². The minimum Gasteiger partial charge on any atom is -0.362 e. The maximum Gasteiger partial charge on any atom is 0.294 e. The fraction of sp³-hybridized carbons (Fsp3) is 0.600. The molecular weight excluding hydrogens is 290 g/mol. The summed E-state index contributed by atoms with van der Waals surface area (Å²) < 4.78 is 0. The molecule has 1 fully saturated rings. The lowest BCUT2D eigenvalue weighted by atomic mass is 9.90. The molecule has 2 N–H and O–H groups in total. The van der Waals surface area contributed by atoms with Crippen LogP contribution in [0.15, 0.2) is 18.2 Å². The number of nitrogens with two attached hydrogens (primary N) is 1. The molecule has 5 nitrogen and oxygen atoms in total. The summed E-state index contributed by atoms with van der Waals surface area (Å²) in [5.74, 6) is 0. The standard InChI is InChI=1S/C15H22ClN3O2/c1-2-10-18(12-8-6-11(17)7-9-12)15-13(16)4-3-5-14(15)19(20)21/h3-5,11-12H,2,6-10,17H2,1H3. The topological polar surface area (TPSA) is 72.4 Å². The zero-order chi connectivity index (χ0) is 15.4. The summed E-state index contributed by atoms with van der Waals surface area (Å²) in [7, 11) is 0. The Hall–Kier alpha value is -1.33. The van der Waals surface area contributed by atoms with Crippen molar-refractivity contribution in [1.82, 2.24) is 0 Å². The Balaban J connectivity index is 2.36. The summed E-state index contributed by atoms with van der Waals surface area (Å²) in [4.78, 5) is 13.1. The SMILES string of the molecule is CCCN(c1c(Cl)cccc1[N+](=O)[O-])C1CCC(N)CC1. The Kier molecular flexibility index (Phi) is 5.42. The highest BCUT2D eigenvalue weighted by Gasteiger charge is 2.30. The second-order valence-corrected chi connectivity index (χ2v) is 6.03. The van der Waals surface area contributed by atoms with E-state index < -0.39 is 0 Å². The number of benzene rings is 1. The molecule has 0 spiro atoms. The van der Waals surface area contributed by atoms with E-state index in [1.807, 2.05) is 0 Å². The van der Waals surface area contributed by atoms with Gasteiger partial charge in [0.05, 0.1) is 9.95 Å². The van der Waals surface area contributed by atoms with Gasteiger partial charge in [-0.2, -0.15) is 0 Å². The highest BCUT2D eigenvalue weighted by Crippen LogP contribution is 2.39. The maximum atomic E-state index is 11.3. The Morgan fingerprint density at radius 2 is 2.05 bits per heavy atom. The smallest absolute Gasteiger partial charge is 0.294 e. The van der Waals surface area contributed by atoms with Gasteiger partial charge in [-0.15, -0.1) is 0 Å². The third-order valence-corrected chi connectivity index (χ3v) is 4.40. The third-order valence-electron chi connectivity index (χ3n) is 4.10. The number of para-hydroxylation sites is 1. The second-order valence-electron chi connectivity index (χ2n) is 5.63. The van der Waals surface area contributed by atoms with Crippen LogP contribution in [0.25, 0.3) is 0 Å². The molecule has 0 bridgehead atoms. The van der Waals surface area contributed by atoms with Crippen molar-refractivity contribution in [3.63, 3.8) is 0 Å². The van der Waals surface area contributed by atoms with Gasteiger partial charge in [-0.3, -0.25) is 10.1 Å². The number of nitrogens with zero attached hydrogens (tertiary/aromatic N) is 2. The highest BCUT2D eigenvalue weighted by atomic mass is 35.5. The zero-order valence-corrected chi connectivity index (χ0v) is 13.1. The van der Waals surface area contributed by atoms with Gasteiger partial charge >= 0.3 is 0 Å². The van der Waals surface area contributed by atoms with E-state index in [1.165, 1.54) is 6.07 Å². The molecule has 0 atom stereocenters. The number of nitro benzene ring substituents is 1. The largest absolute Gasteiger partial charge is 0.362 e. The van der Waals surface area contributed by atoms with E-state index in [-0.39, 0.29) is 22.7 Å². The number of hydrogen-bond acceptors (Lipinski definition) is 4. The summed E-state index contributed by atoms with van der Waals surface area (Å²) in [6.45, 7) is 2.84. The van der Waals surface area contributed by atoms with Crippen molar-refractivity contribution in [2.45, 2.75) is 51.1 Å². The quantitative estimate of drug-likeness (QED) is 0.664. The zero-order valence-electron chi connectivity index (χ0n) is 12.3. The van der Waals surface area contributed by atoms with Crippen molar-refractivity contribution in [2.24, 2.45) is 5.73 Å². The van der Waals surface area contributed by atoms with Gasteiger partial charge in [-0.1, -0.05) is 24.6 Å². The van der Waals surface area contributed by atoms with Gasteiger partial charge in [0.15, 0.2) is 0 Å². The van der Waals surface area contributed by atoms with Crippen LogP contribution in [0.3, 0.4) is 0 Å². The maximum absolute atomic E-state index is 11.3. The molecule has 116 valence electrons. The Morgan fingerprint density at radius 3 is 2.62 bits per heavy atom. The molecule has 0 heterocycles. The predicted molar refractivity (Wildman–Crippen MR) is 86.0 cm³/mol. The van der Waals surface area contributed by atoms with Crippen LogP contribution in [0, 0.1) is 10.1 Å². The van der Waals surface area contributed by atoms with E-state index in [1.54, 1.807) is 12.1 Å². The molecular formula is C15H22ClN3O2. The molecule has 0 saturated heterocycles. The summed E-state index contributed by atoms with van der Waals surface area (Å²) in [5.41, 5.74) is 6.62. The fourth-order valence-electron chi connectivity index (χ4n) is 3.07. The molecule has 1 aromatic carbocycles. The minimum atomic E-state index is -0.349.